The number of para-hydroxylation sites is 1. The van der Waals surface area contributed by atoms with Gasteiger partial charge in [-0.3, -0.25) is 9.59 Å². The van der Waals surface area contributed by atoms with Gasteiger partial charge < -0.3 is 10.6 Å². The normalized spacial score (nSPS) is 18.3. The number of carbonyl (C=O) groups is 2. The van der Waals surface area contributed by atoms with E-state index in [0.717, 1.165) is 34.7 Å². The first-order valence-electron chi connectivity index (χ1n) is 9.23. The summed E-state index contributed by atoms with van der Waals surface area (Å²) in [6, 6.07) is 13.0. The summed E-state index contributed by atoms with van der Waals surface area (Å²) in [5.41, 5.74) is 2.89. The predicted octanol–water partition coefficient (Wildman–Crippen LogP) is 4.22. The average Bonchev–Trinajstić information content (AvgIpc) is 3.37. The molecule has 2 aromatic heterocycles. The molecule has 5 rings (SSSR count). The van der Waals surface area contributed by atoms with Crippen molar-refractivity contribution in [2.75, 3.05) is 10.6 Å². The molecule has 0 saturated carbocycles. The summed E-state index contributed by atoms with van der Waals surface area (Å²) in [4.78, 5) is 26.6. The summed E-state index contributed by atoms with van der Waals surface area (Å²) in [7, 11) is 0. The fourth-order valence-corrected chi connectivity index (χ4v) is 4.67. The van der Waals surface area contributed by atoms with Crippen LogP contribution in [0.4, 0.5) is 11.5 Å². The van der Waals surface area contributed by atoms with Gasteiger partial charge in [-0.25, -0.2) is 4.68 Å². The number of amides is 1. The van der Waals surface area contributed by atoms with Gasteiger partial charge in [0.05, 0.1) is 6.20 Å². The third-order valence-electron chi connectivity index (χ3n) is 5.13. The van der Waals surface area contributed by atoms with Crippen LogP contribution in [0.15, 0.2) is 65.3 Å². The lowest BCUT2D eigenvalue weighted by Gasteiger charge is -2.32. The van der Waals surface area contributed by atoms with Gasteiger partial charge in [-0.2, -0.15) is 5.10 Å². The van der Waals surface area contributed by atoms with E-state index in [1.807, 2.05) is 47.8 Å². The van der Waals surface area contributed by atoms with Gasteiger partial charge >= 0.3 is 0 Å². The molecule has 1 amide bonds. The number of nitrogens with zero attached hydrogens (tertiary/aromatic N) is 2. The largest absolute Gasteiger partial charge is 0.343 e. The number of anilines is 2. The number of nitrogens with one attached hydrogen (secondary N) is 2. The first kappa shape index (κ1) is 16.9. The Morgan fingerprint density at radius 1 is 1.18 bits per heavy atom. The molecule has 0 fully saturated rings. The zero-order valence-electron chi connectivity index (χ0n) is 15.0. The number of aromatic nitrogens is 2. The molecular weight excluding hydrogens is 372 g/mol. The Balaban J connectivity index is 1.57. The zero-order chi connectivity index (χ0) is 19.1. The van der Waals surface area contributed by atoms with Gasteiger partial charge in [0, 0.05) is 28.3 Å². The molecule has 0 radical (unpaired) electrons. The zero-order valence-corrected chi connectivity index (χ0v) is 15.8. The van der Waals surface area contributed by atoms with Gasteiger partial charge in [0.2, 0.25) is 0 Å². The van der Waals surface area contributed by atoms with E-state index in [1.54, 1.807) is 22.2 Å². The molecule has 0 unspecified atom stereocenters. The van der Waals surface area contributed by atoms with Crippen molar-refractivity contribution in [2.24, 2.45) is 0 Å². The maximum absolute atomic E-state index is 12.9. The van der Waals surface area contributed by atoms with Gasteiger partial charge in [-0.05, 0) is 36.4 Å². The van der Waals surface area contributed by atoms with E-state index in [0.29, 0.717) is 17.8 Å². The lowest BCUT2D eigenvalue weighted by molar-refractivity contribution is -0.116. The second-order valence-corrected chi connectivity index (χ2v) is 7.86. The molecule has 3 aromatic rings. The van der Waals surface area contributed by atoms with E-state index >= 15 is 0 Å². The molecule has 1 aromatic carbocycles. The molecule has 0 bridgehead atoms. The number of Topliss-reactive ketones (excluding diaryl/α,β-unsaturated/α-hetero) is 1. The Morgan fingerprint density at radius 2 is 2.04 bits per heavy atom. The van der Waals surface area contributed by atoms with E-state index in [1.165, 1.54) is 0 Å². The van der Waals surface area contributed by atoms with E-state index in [2.05, 4.69) is 15.7 Å². The topological polar surface area (TPSA) is 76.0 Å². The first-order valence-corrected chi connectivity index (χ1v) is 10.1. The highest BCUT2D eigenvalue weighted by Gasteiger charge is 2.37. The van der Waals surface area contributed by atoms with Crippen LogP contribution in [-0.2, 0) is 4.79 Å². The van der Waals surface area contributed by atoms with Crippen LogP contribution in [0.5, 0.6) is 0 Å². The Morgan fingerprint density at radius 3 is 2.82 bits per heavy atom. The fraction of sp³-hybridized carbons (Fsp3) is 0.190. The number of hydrogen-bond acceptors (Lipinski definition) is 5. The molecule has 2 N–H and O–H groups in total. The van der Waals surface area contributed by atoms with Crippen molar-refractivity contribution in [1.29, 1.82) is 0 Å². The highest BCUT2D eigenvalue weighted by molar-refractivity contribution is 7.10. The van der Waals surface area contributed by atoms with Crippen LogP contribution in [0.1, 0.15) is 40.5 Å². The van der Waals surface area contributed by atoms with E-state index in [9.17, 15) is 9.59 Å². The van der Waals surface area contributed by atoms with Crippen molar-refractivity contribution in [3.8, 4) is 0 Å². The number of carbonyl (C=O) groups excluding carboxylic acids is 2. The van der Waals surface area contributed by atoms with Crippen molar-refractivity contribution < 1.29 is 9.59 Å². The first-order chi connectivity index (χ1) is 13.7. The number of hydrogen-bond donors (Lipinski definition) is 2. The SMILES string of the molecule is O=C1CCCC2=C1[C@H](c1cccs1)n1ncc(C(=O)Nc3ccccc3)c1N2. The van der Waals surface area contributed by atoms with Crippen LogP contribution < -0.4 is 10.6 Å². The number of ketones is 1. The Bertz CT molecular complexity index is 1080. The van der Waals surface area contributed by atoms with Crippen molar-refractivity contribution >= 4 is 34.5 Å². The molecule has 3 heterocycles. The fourth-order valence-electron chi connectivity index (χ4n) is 3.85. The van der Waals surface area contributed by atoms with E-state index < -0.39 is 0 Å². The number of fused-ring (bicyclic) bond motifs is 1. The number of allylic oxidation sites excluding steroid dienone is 2. The molecular formula is C21H18N4O2S. The maximum atomic E-state index is 12.9. The Hall–Kier alpha value is -3.19. The second kappa shape index (κ2) is 6.76. The summed E-state index contributed by atoms with van der Waals surface area (Å²) in [5, 5.41) is 12.7. The molecule has 0 spiro atoms. The minimum atomic E-state index is -0.280. The van der Waals surface area contributed by atoms with Crippen LogP contribution >= 0.6 is 11.3 Å². The molecule has 2 aliphatic rings. The number of benzene rings is 1. The predicted molar refractivity (Wildman–Crippen MR) is 109 cm³/mol. The number of thiophene rings is 1. The minimum Gasteiger partial charge on any atom is -0.343 e. The Labute approximate surface area is 165 Å². The van der Waals surface area contributed by atoms with Crippen LogP contribution in [0.25, 0.3) is 0 Å². The molecule has 7 heteroatoms. The second-order valence-electron chi connectivity index (χ2n) is 6.88. The standard InChI is InChI=1S/C21H18N4O2S/c26-16-9-4-8-15-18(16)19(17-10-5-11-28-17)25-20(24-15)14(12-22-25)21(27)23-13-6-2-1-3-7-13/h1-3,5-7,10-12,19,24H,4,8-9H2,(H,23,27)/t19-/m0/s1. The highest BCUT2D eigenvalue weighted by Crippen LogP contribution is 2.42. The van der Waals surface area contributed by atoms with Crippen molar-refractivity contribution in [1.82, 2.24) is 9.78 Å². The molecule has 140 valence electrons. The lowest BCUT2D eigenvalue weighted by Crippen LogP contribution is -2.31. The summed E-state index contributed by atoms with van der Waals surface area (Å²) < 4.78 is 1.77. The molecule has 6 nitrogen and oxygen atoms in total. The van der Waals surface area contributed by atoms with Crippen LogP contribution in [-0.4, -0.2) is 21.5 Å². The summed E-state index contributed by atoms with van der Waals surface area (Å²) in [5.74, 6) is 0.569. The summed E-state index contributed by atoms with van der Waals surface area (Å²) in [6.07, 6.45) is 3.75. The van der Waals surface area contributed by atoms with Crippen LogP contribution in [0.2, 0.25) is 0 Å². The third kappa shape index (κ3) is 2.75. The van der Waals surface area contributed by atoms with Gasteiger partial charge in [-0.15, -0.1) is 11.3 Å². The van der Waals surface area contributed by atoms with Crippen LogP contribution in [0.3, 0.4) is 0 Å². The molecule has 28 heavy (non-hydrogen) atoms. The third-order valence-corrected chi connectivity index (χ3v) is 6.05. The van der Waals surface area contributed by atoms with Gasteiger partial charge in [0.15, 0.2) is 5.78 Å². The molecule has 1 aliphatic carbocycles. The molecule has 1 aliphatic heterocycles. The maximum Gasteiger partial charge on any atom is 0.261 e. The van der Waals surface area contributed by atoms with E-state index in [-0.39, 0.29) is 17.7 Å². The van der Waals surface area contributed by atoms with Crippen molar-refractivity contribution in [2.45, 2.75) is 25.3 Å². The highest BCUT2D eigenvalue weighted by atomic mass is 32.1. The van der Waals surface area contributed by atoms with Gasteiger partial charge in [0.25, 0.3) is 5.91 Å². The van der Waals surface area contributed by atoms with Crippen molar-refractivity contribution in [3.05, 3.63) is 75.8 Å². The Kier molecular flexibility index (Phi) is 4.09. The summed E-state index contributed by atoms with van der Waals surface area (Å²) in [6.45, 7) is 0. The van der Waals surface area contributed by atoms with Gasteiger partial charge in [0.1, 0.15) is 17.4 Å². The smallest absolute Gasteiger partial charge is 0.261 e. The lowest BCUT2D eigenvalue weighted by atomic mass is 9.88. The van der Waals surface area contributed by atoms with E-state index in [4.69, 9.17) is 0 Å². The molecule has 1 atom stereocenters. The van der Waals surface area contributed by atoms with Gasteiger partial charge in [-0.1, -0.05) is 24.3 Å². The summed E-state index contributed by atoms with van der Waals surface area (Å²) >= 11 is 1.60. The quantitative estimate of drug-likeness (QED) is 0.702. The molecule has 0 saturated heterocycles. The average molecular weight is 390 g/mol. The van der Waals surface area contributed by atoms with Crippen molar-refractivity contribution in [3.63, 3.8) is 0 Å². The minimum absolute atomic E-state index is 0.156. The van der Waals surface area contributed by atoms with Crippen LogP contribution in [0, 0.1) is 0 Å². The monoisotopic (exact) mass is 390 g/mol. The number of rotatable bonds is 3.